The highest BCUT2D eigenvalue weighted by Gasteiger charge is 2.17. The molecule has 0 aliphatic carbocycles. The molecule has 0 aromatic heterocycles. The summed E-state index contributed by atoms with van der Waals surface area (Å²) in [6.45, 7) is 8.95. The Kier molecular flexibility index (Phi) is 9.62. The van der Waals surface area contributed by atoms with Gasteiger partial charge in [0.15, 0.2) is 0 Å². The molecule has 3 aromatic carbocycles. The van der Waals surface area contributed by atoms with Crippen LogP contribution in [-0.2, 0) is 0 Å². The van der Waals surface area contributed by atoms with Crippen LogP contribution in [0, 0.1) is 6.92 Å². The Balaban J connectivity index is 1.12. The third-order valence-corrected chi connectivity index (χ3v) is 6.41. The Bertz CT molecular complexity index is 1080. The molecule has 1 fully saturated rings. The molecule has 190 valence electrons. The summed E-state index contributed by atoms with van der Waals surface area (Å²) in [5.74, 6) is 1.29. The number of unbranched alkanes of at least 4 members (excludes halogenated alkanes) is 1. The number of nitrogens with zero attached hydrogens (tertiary/aromatic N) is 2. The van der Waals surface area contributed by atoms with Gasteiger partial charge in [-0.3, -0.25) is 9.69 Å². The van der Waals surface area contributed by atoms with Gasteiger partial charge in [-0.1, -0.05) is 42.5 Å². The van der Waals surface area contributed by atoms with Crippen LogP contribution >= 0.6 is 0 Å². The molecule has 0 spiro atoms. The summed E-state index contributed by atoms with van der Waals surface area (Å²) in [6, 6.07) is 25.7. The molecule has 0 bridgehead atoms. The molecule has 1 aliphatic heterocycles. The van der Waals surface area contributed by atoms with Crippen molar-refractivity contribution in [3.8, 4) is 11.5 Å². The van der Waals surface area contributed by atoms with E-state index < -0.39 is 0 Å². The minimum atomic E-state index is -0.0960. The number of piperazine rings is 1. The molecule has 1 heterocycles. The van der Waals surface area contributed by atoms with E-state index >= 15 is 0 Å². The van der Waals surface area contributed by atoms with E-state index in [-0.39, 0.29) is 5.91 Å². The van der Waals surface area contributed by atoms with Crippen LogP contribution in [0.1, 0.15) is 28.8 Å². The molecule has 6 nitrogen and oxygen atoms in total. The quantitative estimate of drug-likeness (QED) is 0.373. The lowest BCUT2D eigenvalue weighted by atomic mass is 10.1. The van der Waals surface area contributed by atoms with Gasteiger partial charge in [0.2, 0.25) is 0 Å². The van der Waals surface area contributed by atoms with Crippen LogP contribution in [0.4, 0.5) is 5.69 Å². The first-order chi connectivity index (χ1) is 17.7. The van der Waals surface area contributed by atoms with E-state index in [1.807, 2.05) is 48.5 Å². The summed E-state index contributed by atoms with van der Waals surface area (Å²) < 4.78 is 11.5. The van der Waals surface area contributed by atoms with Gasteiger partial charge in [0.25, 0.3) is 5.91 Å². The monoisotopic (exact) mass is 487 g/mol. The van der Waals surface area contributed by atoms with E-state index in [4.69, 9.17) is 9.47 Å². The second-order valence-electron chi connectivity index (χ2n) is 9.14. The van der Waals surface area contributed by atoms with Gasteiger partial charge >= 0.3 is 0 Å². The molecule has 3 aromatic rings. The van der Waals surface area contributed by atoms with Crippen molar-refractivity contribution in [2.45, 2.75) is 19.8 Å². The lowest BCUT2D eigenvalue weighted by molar-refractivity contribution is 0.0947. The zero-order valence-corrected chi connectivity index (χ0v) is 21.2. The van der Waals surface area contributed by atoms with Crippen molar-refractivity contribution < 1.29 is 14.3 Å². The second kappa shape index (κ2) is 13.5. The standard InChI is InChI=1S/C30H37N3O3/c1-25-10-9-11-26(24-25)33-20-18-32(19-21-33)17-8-7-16-31-30(34)28-14-5-6-15-29(28)36-23-22-35-27-12-3-2-4-13-27/h2-6,9-15,24H,7-8,16-23H2,1H3,(H,31,34). The molecule has 4 rings (SSSR count). The highest BCUT2D eigenvalue weighted by Crippen LogP contribution is 2.19. The van der Waals surface area contributed by atoms with E-state index in [0.717, 1.165) is 51.3 Å². The fraction of sp³-hybridized carbons (Fsp3) is 0.367. The average Bonchev–Trinajstić information content (AvgIpc) is 2.92. The number of aryl methyl sites for hydroxylation is 1. The van der Waals surface area contributed by atoms with Crippen LogP contribution in [0.2, 0.25) is 0 Å². The maximum atomic E-state index is 12.7. The molecule has 0 saturated carbocycles. The third kappa shape index (κ3) is 7.75. The highest BCUT2D eigenvalue weighted by atomic mass is 16.5. The van der Waals surface area contributed by atoms with Gasteiger partial charge in [-0.25, -0.2) is 0 Å². The minimum absolute atomic E-state index is 0.0960. The number of amides is 1. The van der Waals surface area contributed by atoms with Gasteiger partial charge in [0.05, 0.1) is 5.56 Å². The summed E-state index contributed by atoms with van der Waals surface area (Å²) in [4.78, 5) is 17.7. The minimum Gasteiger partial charge on any atom is -0.490 e. The van der Waals surface area contributed by atoms with Crippen molar-refractivity contribution in [1.29, 1.82) is 0 Å². The number of anilines is 1. The molecule has 0 radical (unpaired) electrons. The first-order valence-corrected chi connectivity index (χ1v) is 12.9. The van der Waals surface area contributed by atoms with Crippen molar-refractivity contribution in [3.05, 3.63) is 90.0 Å². The number of hydrogen-bond donors (Lipinski definition) is 1. The SMILES string of the molecule is Cc1cccc(N2CCN(CCCCNC(=O)c3ccccc3OCCOc3ccccc3)CC2)c1. The van der Waals surface area contributed by atoms with Crippen LogP contribution in [0.25, 0.3) is 0 Å². The summed E-state index contributed by atoms with van der Waals surface area (Å²) in [5.41, 5.74) is 3.19. The number of rotatable bonds is 12. The summed E-state index contributed by atoms with van der Waals surface area (Å²) in [6.07, 6.45) is 2.03. The number of hydrogen-bond acceptors (Lipinski definition) is 5. The molecule has 0 unspecified atom stereocenters. The van der Waals surface area contributed by atoms with Gasteiger partial charge in [-0.15, -0.1) is 0 Å². The van der Waals surface area contributed by atoms with Crippen LogP contribution in [0.15, 0.2) is 78.9 Å². The van der Waals surface area contributed by atoms with Crippen molar-refractivity contribution in [2.24, 2.45) is 0 Å². The van der Waals surface area contributed by atoms with Gasteiger partial charge in [-0.2, -0.15) is 0 Å². The van der Waals surface area contributed by atoms with Crippen LogP contribution < -0.4 is 19.7 Å². The number of carbonyl (C=O) groups excluding carboxylic acids is 1. The van der Waals surface area contributed by atoms with Crippen LogP contribution in [0.5, 0.6) is 11.5 Å². The predicted octanol–water partition coefficient (Wildman–Crippen LogP) is 4.79. The maximum Gasteiger partial charge on any atom is 0.255 e. The predicted molar refractivity (Wildman–Crippen MR) is 145 cm³/mol. The van der Waals surface area contributed by atoms with E-state index in [2.05, 4.69) is 46.3 Å². The van der Waals surface area contributed by atoms with Crippen molar-refractivity contribution in [3.63, 3.8) is 0 Å². The Morgan fingerprint density at radius 1 is 0.833 bits per heavy atom. The Morgan fingerprint density at radius 2 is 1.58 bits per heavy atom. The molecule has 1 saturated heterocycles. The number of nitrogens with one attached hydrogen (secondary N) is 1. The first-order valence-electron chi connectivity index (χ1n) is 12.9. The summed E-state index contributed by atoms with van der Waals surface area (Å²) >= 11 is 0. The molecule has 6 heteroatoms. The third-order valence-electron chi connectivity index (χ3n) is 6.41. The Morgan fingerprint density at radius 3 is 2.39 bits per heavy atom. The van der Waals surface area contributed by atoms with Gasteiger partial charge < -0.3 is 19.7 Å². The summed E-state index contributed by atoms with van der Waals surface area (Å²) in [7, 11) is 0. The molecule has 36 heavy (non-hydrogen) atoms. The van der Waals surface area contributed by atoms with Crippen molar-refractivity contribution >= 4 is 11.6 Å². The zero-order chi connectivity index (χ0) is 25.0. The smallest absolute Gasteiger partial charge is 0.255 e. The second-order valence-corrected chi connectivity index (χ2v) is 9.14. The molecule has 0 atom stereocenters. The number of carbonyl (C=O) groups is 1. The zero-order valence-electron chi connectivity index (χ0n) is 21.2. The molecular weight excluding hydrogens is 450 g/mol. The molecule has 1 aliphatic rings. The lowest BCUT2D eigenvalue weighted by Crippen LogP contribution is -2.46. The number of para-hydroxylation sites is 2. The molecular formula is C30H37N3O3. The first kappa shape index (κ1) is 25.6. The van der Waals surface area contributed by atoms with Crippen LogP contribution in [0.3, 0.4) is 0 Å². The summed E-state index contributed by atoms with van der Waals surface area (Å²) in [5, 5.41) is 3.05. The van der Waals surface area contributed by atoms with Gasteiger partial charge in [-0.05, 0) is 68.3 Å². The largest absolute Gasteiger partial charge is 0.490 e. The van der Waals surface area contributed by atoms with E-state index in [1.165, 1.54) is 11.3 Å². The fourth-order valence-electron chi connectivity index (χ4n) is 4.42. The maximum absolute atomic E-state index is 12.7. The van der Waals surface area contributed by atoms with E-state index in [9.17, 15) is 4.79 Å². The number of benzene rings is 3. The average molecular weight is 488 g/mol. The Hall–Kier alpha value is -3.51. The Labute approximate surface area is 214 Å². The van der Waals surface area contributed by atoms with Crippen molar-refractivity contribution in [2.75, 3.05) is 57.4 Å². The highest BCUT2D eigenvalue weighted by molar-refractivity contribution is 5.96. The fourth-order valence-corrected chi connectivity index (χ4v) is 4.42. The van der Waals surface area contributed by atoms with E-state index in [1.54, 1.807) is 6.07 Å². The van der Waals surface area contributed by atoms with Crippen molar-refractivity contribution in [1.82, 2.24) is 10.2 Å². The van der Waals surface area contributed by atoms with E-state index in [0.29, 0.717) is 31.1 Å². The molecule has 1 amide bonds. The van der Waals surface area contributed by atoms with Gasteiger partial charge in [0, 0.05) is 38.4 Å². The molecule has 1 N–H and O–H groups in total. The van der Waals surface area contributed by atoms with Crippen LogP contribution in [-0.4, -0.2) is 63.3 Å². The number of ether oxygens (including phenoxy) is 2. The normalized spacial score (nSPS) is 13.9. The van der Waals surface area contributed by atoms with Gasteiger partial charge in [0.1, 0.15) is 24.7 Å². The lowest BCUT2D eigenvalue weighted by Gasteiger charge is -2.36. The topological polar surface area (TPSA) is 54.0 Å².